The number of ether oxygens (including phenoxy) is 1. The van der Waals surface area contributed by atoms with Crippen LogP contribution in [-0.4, -0.2) is 77.1 Å². The molecular formula is C26H32N4O4. The smallest absolute Gasteiger partial charge is 0.333 e. The number of esters is 1. The molecule has 180 valence electrons. The second-order valence-corrected chi connectivity index (χ2v) is 8.67. The number of piperazine rings is 1. The number of fused-ring (bicyclic) bond motifs is 1. The maximum atomic E-state index is 12.9. The molecule has 1 N–H and O–H groups in total. The SMILES string of the molecule is CCOC(=O)CN1CCN(CCc2ccc3[nH]c(=O)n(C(=O)CCc4ccccc4)c3c2)CC1. The number of hydrogen-bond donors (Lipinski definition) is 1. The predicted octanol–water partition coefficient (Wildman–Crippen LogP) is 2.33. The van der Waals surface area contributed by atoms with Crippen LogP contribution in [0.3, 0.4) is 0 Å². The first-order chi connectivity index (χ1) is 16.5. The van der Waals surface area contributed by atoms with Crippen molar-refractivity contribution < 1.29 is 14.3 Å². The lowest BCUT2D eigenvalue weighted by atomic mass is 10.1. The van der Waals surface area contributed by atoms with Crippen LogP contribution in [0.25, 0.3) is 11.0 Å². The van der Waals surface area contributed by atoms with Crippen LogP contribution < -0.4 is 5.69 Å². The third-order valence-corrected chi connectivity index (χ3v) is 6.31. The van der Waals surface area contributed by atoms with E-state index in [1.807, 2.05) is 55.5 Å². The monoisotopic (exact) mass is 464 g/mol. The molecule has 0 amide bonds. The van der Waals surface area contributed by atoms with Crippen LogP contribution in [0, 0.1) is 0 Å². The van der Waals surface area contributed by atoms with Crippen molar-refractivity contribution in [3.63, 3.8) is 0 Å². The minimum absolute atomic E-state index is 0.167. The standard InChI is InChI=1S/C26H32N4O4/c1-2-34-25(32)19-29-16-14-28(15-17-29)13-12-21-8-10-22-23(18-21)30(26(33)27-22)24(31)11-9-20-6-4-3-5-7-20/h3-8,10,18H,2,9,11-17,19H2,1H3,(H,27,33). The number of carbonyl (C=O) groups is 2. The quantitative estimate of drug-likeness (QED) is 0.489. The Morgan fingerprint density at radius 1 is 0.941 bits per heavy atom. The average Bonchev–Trinajstić information content (AvgIpc) is 3.18. The minimum Gasteiger partial charge on any atom is -0.465 e. The molecule has 0 spiro atoms. The molecule has 2 aromatic carbocycles. The van der Waals surface area contributed by atoms with Gasteiger partial charge in [0, 0.05) is 39.1 Å². The number of imidazole rings is 1. The number of benzene rings is 2. The van der Waals surface area contributed by atoms with E-state index in [1.54, 1.807) is 0 Å². The summed E-state index contributed by atoms with van der Waals surface area (Å²) in [5, 5.41) is 0. The van der Waals surface area contributed by atoms with Crippen LogP contribution >= 0.6 is 0 Å². The zero-order valence-electron chi connectivity index (χ0n) is 19.7. The van der Waals surface area contributed by atoms with E-state index in [0.717, 1.165) is 50.3 Å². The highest BCUT2D eigenvalue weighted by Gasteiger charge is 2.20. The molecule has 8 heteroatoms. The number of H-pyrrole nitrogens is 1. The van der Waals surface area contributed by atoms with Gasteiger partial charge >= 0.3 is 11.7 Å². The van der Waals surface area contributed by atoms with Crippen molar-refractivity contribution in [2.24, 2.45) is 0 Å². The number of rotatable bonds is 9. The highest BCUT2D eigenvalue weighted by Crippen LogP contribution is 2.16. The first-order valence-corrected chi connectivity index (χ1v) is 11.9. The van der Waals surface area contributed by atoms with E-state index < -0.39 is 0 Å². The van der Waals surface area contributed by atoms with Crippen molar-refractivity contribution >= 4 is 22.9 Å². The minimum atomic E-state index is -0.386. The normalized spacial score (nSPS) is 15.0. The molecular weight excluding hydrogens is 432 g/mol. The Kier molecular flexibility index (Phi) is 7.92. The van der Waals surface area contributed by atoms with Crippen LogP contribution in [0.1, 0.15) is 29.3 Å². The first kappa shape index (κ1) is 23.9. The van der Waals surface area contributed by atoms with E-state index in [2.05, 4.69) is 14.8 Å². The number of hydrogen-bond acceptors (Lipinski definition) is 6. The summed E-state index contributed by atoms with van der Waals surface area (Å²) in [7, 11) is 0. The Balaban J connectivity index is 1.35. The molecule has 8 nitrogen and oxygen atoms in total. The number of aromatic nitrogens is 2. The maximum Gasteiger partial charge on any atom is 0.333 e. The molecule has 0 bridgehead atoms. The van der Waals surface area contributed by atoms with Gasteiger partial charge in [0.05, 0.1) is 24.2 Å². The molecule has 1 aliphatic heterocycles. The molecule has 0 saturated carbocycles. The maximum absolute atomic E-state index is 12.9. The van der Waals surface area contributed by atoms with E-state index in [9.17, 15) is 14.4 Å². The summed E-state index contributed by atoms with van der Waals surface area (Å²) in [4.78, 5) is 44.3. The van der Waals surface area contributed by atoms with Gasteiger partial charge in [-0.15, -0.1) is 0 Å². The Labute approximate surface area is 199 Å². The lowest BCUT2D eigenvalue weighted by Crippen LogP contribution is -2.48. The molecule has 1 fully saturated rings. The van der Waals surface area contributed by atoms with Gasteiger partial charge in [-0.1, -0.05) is 36.4 Å². The van der Waals surface area contributed by atoms with Crippen LogP contribution in [0.2, 0.25) is 0 Å². The zero-order valence-corrected chi connectivity index (χ0v) is 19.7. The zero-order chi connectivity index (χ0) is 23.9. The van der Waals surface area contributed by atoms with E-state index in [0.29, 0.717) is 30.6 Å². The van der Waals surface area contributed by atoms with Crippen molar-refractivity contribution in [1.29, 1.82) is 0 Å². The van der Waals surface area contributed by atoms with Gasteiger partial charge in [0.15, 0.2) is 0 Å². The third kappa shape index (κ3) is 6.01. The van der Waals surface area contributed by atoms with Gasteiger partial charge in [0.25, 0.3) is 0 Å². The summed E-state index contributed by atoms with van der Waals surface area (Å²) in [6.07, 6.45) is 1.70. The Hall–Kier alpha value is -3.23. The second-order valence-electron chi connectivity index (χ2n) is 8.67. The molecule has 34 heavy (non-hydrogen) atoms. The van der Waals surface area contributed by atoms with Gasteiger partial charge in [-0.3, -0.25) is 14.5 Å². The Bertz CT molecular complexity index is 1180. The molecule has 1 aromatic heterocycles. The van der Waals surface area contributed by atoms with E-state index >= 15 is 0 Å². The molecule has 0 aliphatic carbocycles. The van der Waals surface area contributed by atoms with Gasteiger partial charge in [-0.25, -0.2) is 9.36 Å². The van der Waals surface area contributed by atoms with Gasteiger partial charge in [0.1, 0.15) is 0 Å². The summed E-state index contributed by atoms with van der Waals surface area (Å²) < 4.78 is 6.31. The summed E-state index contributed by atoms with van der Waals surface area (Å²) in [6.45, 7) is 6.94. The van der Waals surface area contributed by atoms with E-state index in [1.165, 1.54) is 4.57 Å². The number of nitrogens with zero attached hydrogens (tertiary/aromatic N) is 3. The number of nitrogens with one attached hydrogen (secondary N) is 1. The van der Waals surface area contributed by atoms with Crippen molar-refractivity contribution in [2.75, 3.05) is 45.9 Å². The Morgan fingerprint density at radius 3 is 2.41 bits per heavy atom. The van der Waals surface area contributed by atoms with E-state index in [-0.39, 0.29) is 24.0 Å². The summed E-state index contributed by atoms with van der Waals surface area (Å²) in [5.41, 5.74) is 3.09. The first-order valence-electron chi connectivity index (χ1n) is 11.9. The fraction of sp³-hybridized carbons (Fsp3) is 0.423. The molecule has 1 aliphatic rings. The van der Waals surface area contributed by atoms with Gasteiger partial charge < -0.3 is 14.6 Å². The number of aromatic amines is 1. The van der Waals surface area contributed by atoms with Gasteiger partial charge in [-0.2, -0.15) is 0 Å². The fourth-order valence-corrected chi connectivity index (χ4v) is 4.41. The van der Waals surface area contributed by atoms with Crippen molar-refractivity contribution in [3.8, 4) is 0 Å². The average molecular weight is 465 g/mol. The van der Waals surface area contributed by atoms with Crippen LogP contribution in [0.5, 0.6) is 0 Å². The molecule has 0 radical (unpaired) electrons. The largest absolute Gasteiger partial charge is 0.465 e. The van der Waals surface area contributed by atoms with E-state index in [4.69, 9.17) is 4.74 Å². The second kappa shape index (κ2) is 11.3. The summed E-state index contributed by atoms with van der Waals surface area (Å²) >= 11 is 0. The molecule has 0 unspecified atom stereocenters. The predicted molar refractivity (Wildman–Crippen MR) is 131 cm³/mol. The molecule has 0 atom stereocenters. The number of aryl methyl sites for hydroxylation is 1. The van der Waals surface area contributed by atoms with Crippen molar-refractivity contribution in [3.05, 3.63) is 70.1 Å². The molecule has 3 aromatic rings. The van der Waals surface area contributed by atoms with Crippen LogP contribution in [-0.2, 0) is 22.4 Å². The summed E-state index contributed by atoms with van der Waals surface area (Å²) in [5.74, 6) is -0.366. The molecule has 1 saturated heterocycles. The lowest BCUT2D eigenvalue weighted by molar-refractivity contribution is -0.144. The Morgan fingerprint density at radius 2 is 1.68 bits per heavy atom. The van der Waals surface area contributed by atoms with Gasteiger partial charge in [0.2, 0.25) is 5.91 Å². The fourth-order valence-electron chi connectivity index (χ4n) is 4.41. The third-order valence-electron chi connectivity index (χ3n) is 6.31. The lowest BCUT2D eigenvalue weighted by Gasteiger charge is -2.34. The van der Waals surface area contributed by atoms with Crippen LogP contribution in [0.15, 0.2) is 53.3 Å². The summed E-state index contributed by atoms with van der Waals surface area (Å²) in [6, 6.07) is 15.7. The highest BCUT2D eigenvalue weighted by molar-refractivity contribution is 5.90. The van der Waals surface area contributed by atoms with Crippen molar-refractivity contribution in [2.45, 2.75) is 26.2 Å². The van der Waals surface area contributed by atoms with Crippen LogP contribution in [0.4, 0.5) is 0 Å². The number of carbonyl (C=O) groups excluding carboxylic acids is 2. The topological polar surface area (TPSA) is 87.6 Å². The molecule has 4 rings (SSSR count). The highest BCUT2D eigenvalue weighted by atomic mass is 16.5. The van der Waals surface area contributed by atoms with Gasteiger partial charge in [-0.05, 0) is 43.0 Å². The van der Waals surface area contributed by atoms with Crippen molar-refractivity contribution in [1.82, 2.24) is 19.4 Å². The molecule has 2 heterocycles.